The van der Waals surface area contributed by atoms with Crippen LogP contribution in [0.4, 0.5) is 0 Å². The molecule has 1 aromatic carbocycles. The molecule has 2 rings (SSSR count). The van der Waals surface area contributed by atoms with Gasteiger partial charge in [-0.2, -0.15) is 0 Å². The number of hydrogen-bond acceptors (Lipinski definition) is 5. The SMILES string of the molecule is COC(=O)C(C)OC(=O)c1cncn1C(C)c1ccccc1. The number of ether oxygens (including phenoxy) is 2. The molecule has 6 heteroatoms. The third-order valence-corrected chi connectivity index (χ3v) is 3.39. The minimum Gasteiger partial charge on any atom is -0.466 e. The lowest BCUT2D eigenvalue weighted by atomic mass is 10.1. The number of methoxy groups -OCH3 is 1. The predicted molar refractivity (Wildman–Crippen MR) is 79.4 cm³/mol. The number of nitrogens with zero attached hydrogens (tertiary/aromatic N) is 2. The van der Waals surface area contributed by atoms with Crippen molar-refractivity contribution in [2.75, 3.05) is 7.11 Å². The number of rotatable bonds is 5. The van der Waals surface area contributed by atoms with Crippen LogP contribution >= 0.6 is 0 Å². The molecule has 0 radical (unpaired) electrons. The molecule has 0 saturated heterocycles. The summed E-state index contributed by atoms with van der Waals surface area (Å²) in [5.41, 5.74) is 1.32. The number of imidazole rings is 1. The van der Waals surface area contributed by atoms with Crippen LogP contribution in [-0.2, 0) is 14.3 Å². The van der Waals surface area contributed by atoms with E-state index in [9.17, 15) is 9.59 Å². The fourth-order valence-electron chi connectivity index (χ4n) is 2.10. The first-order valence-corrected chi connectivity index (χ1v) is 6.90. The molecule has 22 heavy (non-hydrogen) atoms. The first-order valence-electron chi connectivity index (χ1n) is 6.90. The standard InChI is InChI=1S/C16H18N2O4/c1-11(13-7-5-4-6-8-13)18-10-17-9-14(18)16(20)22-12(2)15(19)21-3/h4-12H,1-3H3. The lowest BCUT2D eigenvalue weighted by Crippen LogP contribution is -2.26. The van der Waals surface area contributed by atoms with Crippen molar-refractivity contribution in [3.05, 3.63) is 54.1 Å². The highest BCUT2D eigenvalue weighted by Gasteiger charge is 2.23. The second-order valence-corrected chi connectivity index (χ2v) is 4.84. The van der Waals surface area contributed by atoms with Crippen LogP contribution in [0.5, 0.6) is 0 Å². The van der Waals surface area contributed by atoms with Gasteiger partial charge in [-0.1, -0.05) is 30.3 Å². The van der Waals surface area contributed by atoms with Crippen LogP contribution in [0.1, 0.15) is 35.9 Å². The number of benzene rings is 1. The van der Waals surface area contributed by atoms with Crippen LogP contribution in [0, 0.1) is 0 Å². The van der Waals surface area contributed by atoms with Crippen LogP contribution in [0.25, 0.3) is 0 Å². The smallest absolute Gasteiger partial charge is 0.357 e. The van der Waals surface area contributed by atoms with E-state index in [1.807, 2.05) is 37.3 Å². The molecule has 2 unspecified atom stereocenters. The van der Waals surface area contributed by atoms with Crippen molar-refractivity contribution in [3.63, 3.8) is 0 Å². The summed E-state index contributed by atoms with van der Waals surface area (Å²) >= 11 is 0. The summed E-state index contributed by atoms with van der Waals surface area (Å²) in [5.74, 6) is -1.21. The van der Waals surface area contributed by atoms with Gasteiger partial charge in [-0.25, -0.2) is 14.6 Å². The summed E-state index contributed by atoms with van der Waals surface area (Å²) in [6.45, 7) is 3.42. The summed E-state index contributed by atoms with van der Waals surface area (Å²) in [7, 11) is 1.24. The van der Waals surface area contributed by atoms with Crippen LogP contribution in [-0.4, -0.2) is 34.7 Å². The second kappa shape index (κ2) is 6.89. The quantitative estimate of drug-likeness (QED) is 0.792. The molecule has 0 amide bonds. The molecule has 2 atom stereocenters. The van der Waals surface area contributed by atoms with E-state index in [1.165, 1.54) is 20.2 Å². The van der Waals surface area contributed by atoms with Gasteiger partial charge in [0.2, 0.25) is 0 Å². The molecule has 2 aromatic rings. The molecule has 0 aliphatic carbocycles. The predicted octanol–water partition coefficient (Wildman–Crippen LogP) is 2.21. The maximum Gasteiger partial charge on any atom is 0.357 e. The van der Waals surface area contributed by atoms with Crippen molar-refractivity contribution >= 4 is 11.9 Å². The largest absolute Gasteiger partial charge is 0.466 e. The number of aromatic nitrogens is 2. The Balaban J connectivity index is 2.19. The van der Waals surface area contributed by atoms with Crippen LogP contribution < -0.4 is 0 Å². The van der Waals surface area contributed by atoms with Gasteiger partial charge in [0.1, 0.15) is 5.69 Å². The molecule has 0 fully saturated rings. The molecule has 0 saturated carbocycles. The van der Waals surface area contributed by atoms with Crippen LogP contribution in [0.15, 0.2) is 42.9 Å². The van der Waals surface area contributed by atoms with Gasteiger partial charge >= 0.3 is 11.9 Å². The van der Waals surface area contributed by atoms with Crippen LogP contribution in [0.2, 0.25) is 0 Å². The monoisotopic (exact) mass is 302 g/mol. The highest BCUT2D eigenvalue weighted by molar-refractivity contribution is 5.89. The van der Waals surface area contributed by atoms with Gasteiger partial charge in [-0.15, -0.1) is 0 Å². The van der Waals surface area contributed by atoms with Gasteiger partial charge in [0, 0.05) is 0 Å². The topological polar surface area (TPSA) is 70.4 Å². The first-order chi connectivity index (χ1) is 10.5. The van der Waals surface area contributed by atoms with Gasteiger partial charge in [0.15, 0.2) is 6.10 Å². The lowest BCUT2D eigenvalue weighted by Gasteiger charge is -2.17. The molecule has 0 spiro atoms. The third kappa shape index (κ3) is 3.33. The fraction of sp³-hybridized carbons (Fsp3) is 0.312. The van der Waals surface area contributed by atoms with E-state index < -0.39 is 18.0 Å². The molecule has 0 aliphatic heterocycles. The van der Waals surface area contributed by atoms with E-state index in [1.54, 1.807) is 10.9 Å². The van der Waals surface area contributed by atoms with Crippen molar-refractivity contribution in [2.24, 2.45) is 0 Å². The van der Waals surface area contributed by atoms with E-state index in [2.05, 4.69) is 9.72 Å². The van der Waals surface area contributed by atoms with E-state index in [-0.39, 0.29) is 11.7 Å². The third-order valence-electron chi connectivity index (χ3n) is 3.39. The summed E-state index contributed by atoms with van der Waals surface area (Å²) in [5, 5.41) is 0. The average molecular weight is 302 g/mol. The van der Waals surface area contributed by atoms with E-state index in [0.29, 0.717) is 0 Å². The van der Waals surface area contributed by atoms with E-state index in [4.69, 9.17) is 4.74 Å². The Hall–Kier alpha value is -2.63. The lowest BCUT2D eigenvalue weighted by molar-refractivity contribution is -0.149. The Morgan fingerprint density at radius 2 is 1.86 bits per heavy atom. The average Bonchev–Trinajstić information content (AvgIpc) is 3.03. The summed E-state index contributed by atoms with van der Waals surface area (Å²) in [6.07, 6.45) is 2.02. The molecule has 6 nitrogen and oxygen atoms in total. The molecule has 1 aromatic heterocycles. The van der Waals surface area contributed by atoms with E-state index in [0.717, 1.165) is 5.56 Å². The van der Waals surface area contributed by atoms with Crippen molar-refractivity contribution < 1.29 is 19.1 Å². The maximum atomic E-state index is 12.2. The summed E-state index contributed by atoms with van der Waals surface area (Å²) in [4.78, 5) is 27.5. The summed E-state index contributed by atoms with van der Waals surface area (Å²) in [6, 6.07) is 9.64. The Morgan fingerprint density at radius 3 is 2.50 bits per heavy atom. The molecule has 0 bridgehead atoms. The minimum atomic E-state index is -0.965. The zero-order chi connectivity index (χ0) is 16.1. The summed E-state index contributed by atoms with van der Waals surface area (Å²) < 4.78 is 11.3. The second-order valence-electron chi connectivity index (χ2n) is 4.84. The number of hydrogen-bond donors (Lipinski definition) is 0. The first kappa shape index (κ1) is 15.8. The highest BCUT2D eigenvalue weighted by atomic mass is 16.6. The van der Waals surface area contributed by atoms with Gasteiger partial charge in [-0.3, -0.25) is 0 Å². The highest BCUT2D eigenvalue weighted by Crippen LogP contribution is 2.20. The zero-order valence-electron chi connectivity index (χ0n) is 12.7. The molecule has 1 heterocycles. The Labute approximate surface area is 128 Å². The number of carbonyl (C=O) groups excluding carboxylic acids is 2. The molecular weight excluding hydrogens is 284 g/mol. The van der Waals surface area contributed by atoms with Gasteiger partial charge < -0.3 is 14.0 Å². The maximum absolute atomic E-state index is 12.2. The normalized spacial score (nSPS) is 13.2. The van der Waals surface area contributed by atoms with Crippen molar-refractivity contribution in [1.82, 2.24) is 9.55 Å². The molecule has 0 aliphatic rings. The molecule has 116 valence electrons. The zero-order valence-corrected chi connectivity index (χ0v) is 12.7. The molecular formula is C16H18N2O4. The van der Waals surface area contributed by atoms with Crippen molar-refractivity contribution in [2.45, 2.75) is 26.0 Å². The van der Waals surface area contributed by atoms with Gasteiger partial charge in [0.05, 0.1) is 25.7 Å². The Morgan fingerprint density at radius 1 is 1.18 bits per heavy atom. The number of esters is 2. The van der Waals surface area contributed by atoms with E-state index >= 15 is 0 Å². The van der Waals surface area contributed by atoms with Crippen molar-refractivity contribution in [1.29, 1.82) is 0 Å². The fourth-order valence-corrected chi connectivity index (χ4v) is 2.10. The molecule has 0 N–H and O–H groups in total. The van der Waals surface area contributed by atoms with Crippen molar-refractivity contribution in [3.8, 4) is 0 Å². The van der Waals surface area contributed by atoms with Gasteiger partial charge in [0.25, 0.3) is 0 Å². The minimum absolute atomic E-state index is 0.0836. The Kier molecular flexibility index (Phi) is 4.93. The number of carbonyl (C=O) groups is 2. The Bertz CT molecular complexity index is 651. The van der Waals surface area contributed by atoms with Gasteiger partial charge in [-0.05, 0) is 19.4 Å². The van der Waals surface area contributed by atoms with Crippen LogP contribution in [0.3, 0.4) is 0 Å².